The second-order valence-corrected chi connectivity index (χ2v) is 4.53. The maximum absolute atomic E-state index is 13.4. The summed E-state index contributed by atoms with van der Waals surface area (Å²) in [5, 5.41) is 10.0. The van der Waals surface area contributed by atoms with E-state index < -0.39 is 23.6 Å². The van der Waals surface area contributed by atoms with Crippen molar-refractivity contribution in [3.63, 3.8) is 0 Å². The van der Waals surface area contributed by atoms with Crippen LogP contribution in [0.2, 0.25) is 5.02 Å². The van der Waals surface area contributed by atoms with Gasteiger partial charge in [-0.25, -0.2) is 13.2 Å². The molecule has 0 saturated heterocycles. The van der Waals surface area contributed by atoms with E-state index in [9.17, 15) is 18.3 Å². The predicted octanol–water partition coefficient (Wildman–Crippen LogP) is 4.03. The van der Waals surface area contributed by atoms with E-state index in [-0.39, 0.29) is 22.6 Å². The van der Waals surface area contributed by atoms with Gasteiger partial charge in [0.1, 0.15) is 17.5 Å². The molecule has 0 radical (unpaired) electrons. The van der Waals surface area contributed by atoms with Crippen LogP contribution in [0, 0.1) is 17.5 Å². The second-order valence-electron chi connectivity index (χ2n) is 4.12. The molecule has 0 aliphatic heterocycles. The number of hydrogen-bond acceptors (Lipinski definition) is 1. The Kier molecular flexibility index (Phi) is 4.12. The van der Waals surface area contributed by atoms with Gasteiger partial charge in [0.15, 0.2) is 0 Å². The van der Waals surface area contributed by atoms with Gasteiger partial charge in [0.05, 0.1) is 6.10 Å². The third kappa shape index (κ3) is 3.28. The van der Waals surface area contributed by atoms with Crippen LogP contribution in [0.4, 0.5) is 13.2 Å². The van der Waals surface area contributed by atoms with Crippen molar-refractivity contribution in [3.8, 4) is 0 Å². The molecular weight excluding hydrogens is 277 g/mol. The monoisotopic (exact) mass is 286 g/mol. The van der Waals surface area contributed by atoms with Crippen LogP contribution in [0.1, 0.15) is 17.2 Å². The lowest BCUT2D eigenvalue weighted by Gasteiger charge is -2.13. The Balaban J connectivity index is 2.25. The molecule has 1 N–H and O–H groups in total. The number of benzene rings is 2. The SMILES string of the molecule is OC(Cc1cc(F)ccc1F)c1ccc(F)cc1Cl. The number of hydrogen-bond donors (Lipinski definition) is 1. The highest BCUT2D eigenvalue weighted by Crippen LogP contribution is 2.27. The number of halogens is 4. The molecule has 100 valence electrons. The van der Waals surface area contributed by atoms with E-state index in [2.05, 4.69) is 0 Å². The molecule has 1 atom stereocenters. The molecule has 0 aromatic heterocycles. The Hall–Kier alpha value is -1.52. The van der Waals surface area contributed by atoms with Crippen LogP contribution in [0.15, 0.2) is 36.4 Å². The summed E-state index contributed by atoms with van der Waals surface area (Å²) < 4.78 is 39.3. The van der Waals surface area contributed by atoms with Crippen molar-refractivity contribution in [3.05, 3.63) is 70.0 Å². The molecule has 2 rings (SSSR count). The van der Waals surface area contributed by atoms with Gasteiger partial charge in [0.25, 0.3) is 0 Å². The van der Waals surface area contributed by atoms with E-state index >= 15 is 0 Å². The van der Waals surface area contributed by atoms with Crippen molar-refractivity contribution in [1.82, 2.24) is 0 Å². The Morgan fingerprint density at radius 2 is 1.63 bits per heavy atom. The van der Waals surface area contributed by atoms with Gasteiger partial charge in [-0.1, -0.05) is 17.7 Å². The van der Waals surface area contributed by atoms with E-state index in [0.29, 0.717) is 0 Å². The summed E-state index contributed by atoms with van der Waals surface area (Å²) in [5.41, 5.74) is 0.305. The fraction of sp³-hybridized carbons (Fsp3) is 0.143. The summed E-state index contributed by atoms with van der Waals surface area (Å²) in [4.78, 5) is 0. The first-order valence-corrected chi connectivity index (χ1v) is 5.92. The van der Waals surface area contributed by atoms with Gasteiger partial charge in [-0.3, -0.25) is 0 Å². The van der Waals surface area contributed by atoms with Crippen LogP contribution in [0.3, 0.4) is 0 Å². The van der Waals surface area contributed by atoms with Crippen LogP contribution in [0.25, 0.3) is 0 Å². The van der Waals surface area contributed by atoms with Crippen LogP contribution in [0.5, 0.6) is 0 Å². The minimum Gasteiger partial charge on any atom is -0.388 e. The first kappa shape index (κ1) is 13.9. The first-order valence-electron chi connectivity index (χ1n) is 5.54. The highest BCUT2D eigenvalue weighted by Gasteiger charge is 2.15. The van der Waals surface area contributed by atoms with Crippen molar-refractivity contribution in [2.75, 3.05) is 0 Å². The summed E-state index contributed by atoms with van der Waals surface area (Å²) in [5.74, 6) is -1.73. The lowest BCUT2D eigenvalue weighted by Crippen LogP contribution is -2.05. The van der Waals surface area contributed by atoms with E-state index in [1.54, 1.807) is 0 Å². The molecule has 19 heavy (non-hydrogen) atoms. The fourth-order valence-corrected chi connectivity index (χ4v) is 2.08. The van der Waals surface area contributed by atoms with E-state index in [0.717, 1.165) is 30.3 Å². The molecule has 0 amide bonds. The van der Waals surface area contributed by atoms with Crippen molar-refractivity contribution >= 4 is 11.6 Å². The van der Waals surface area contributed by atoms with Crippen molar-refractivity contribution < 1.29 is 18.3 Å². The van der Waals surface area contributed by atoms with Crippen LogP contribution >= 0.6 is 11.6 Å². The molecule has 0 spiro atoms. The molecule has 0 saturated carbocycles. The largest absolute Gasteiger partial charge is 0.388 e. The topological polar surface area (TPSA) is 20.2 Å². The molecule has 5 heteroatoms. The van der Waals surface area contributed by atoms with Gasteiger partial charge < -0.3 is 5.11 Å². The molecular formula is C14H10ClF3O. The number of aliphatic hydroxyl groups excluding tert-OH is 1. The number of aliphatic hydroxyl groups is 1. The number of rotatable bonds is 3. The standard InChI is InChI=1S/C14H10ClF3O/c15-12-7-10(17)1-3-11(12)14(19)6-8-5-9(16)2-4-13(8)18/h1-5,7,14,19H,6H2. The van der Waals surface area contributed by atoms with E-state index in [1.165, 1.54) is 6.07 Å². The quantitative estimate of drug-likeness (QED) is 0.903. The lowest BCUT2D eigenvalue weighted by molar-refractivity contribution is 0.177. The summed E-state index contributed by atoms with van der Waals surface area (Å²) in [6.45, 7) is 0. The van der Waals surface area contributed by atoms with Crippen molar-refractivity contribution in [1.29, 1.82) is 0 Å². The average molecular weight is 287 g/mol. The predicted molar refractivity (Wildman–Crippen MR) is 66.4 cm³/mol. The zero-order valence-corrected chi connectivity index (χ0v) is 10.5. The minimum absolute atomic E-state index is 0.0351. The highest BCUT2D eigenvalue weighted by atomic mass is 35.5. The van der Waals surface area contributed by atoms with Gasteiger partial charge in [0, 0.05) is 11.4 Å². The Labute approximate surface area is 113 Å². The van der Waals surface area contributed by atoms with Crippen molar-refractivity contribution in [2.24, 2.45) is 0 Å². The van der Waals surface area contributed by atoms with Crippen LogP contribution in [-0.2, 0) is 6.42 Å². The third-order valence-corrected chi connectivity index (χ3v) is 3.07. The Morgan fingerprint density at radius 1 is 1.00 bits per heavy atom. The molecule has 0 bridgehead atoms. The molecule has 2 aromatic rings. The first-order chi connectivity index (χ1) is 8.97. The smallest absolute Gasteiger partial charge is 0.126 e. The maximum atomic E-state index is 13.4. The van der Waals surface area contributed by atoms with Gasteiger partial charge in [-0.15, -0.1) is 0 Å². The normalized spacial score (nSPS) is 12.5. The maximum Gasteiger partial charge on any atom is 0.126 e. The molecule has 0 aliphatic rings. The van der Waals surface area contributed by atoms with E-state index in [4.69, 9.17) is 11.6 Å². The highest BCUT2D eigenvalue weighted by molar-refractivity contribution is 6.31. The molecule has 1 unspecified atom stereocenters. The summed E-state index contributed by atoms with van der Waals surface area (Å²) in [6, 6.07) is 6.52. The van der Waals surface area contributed by atoms with Gasteiger partial charge >= 0.3 is 0 Å². The zero-order valence-electron chi connectivity index (χ0n) is 9.71. The van der Waals surface area contributed by atoms with Crippen LogP contribution < -0.4 is 0 Å². The van der Waals surface area contributed by atoms with Crippen LogP contribution in [-0.4, -0.2) is 5.11 Å². The van der Waals surface area contributed by atoms with E-state index in [1.807, 2.05) is 0 Å². The molecule has 1 nitrogen and oxygen atoms in total. The van der Waals surface area contributed by atoms with Crippen molar-refractivity contribution in [2.45, 2.75) is 12.5 Å². The Morgan fingerprint density at radius 3 is 2.32 bits per heavy atom. The molecule has 2 aromatic carbocycles. The zero-order chi connectivity index (χ0) is 14.0. The Bertz CT molecular complexity index is 601. The summed E-state index contributed by atoms with van der Waals surface area (Å²) >= 11 is 5.79. The lowest BCUT2D eigenvalue weighted by atomic mass is 10.0. The molecule has 0 heterocycles. The summed E-state index contributed by atoms with van der Waals surface area (Å²) in [7, 11) is 0. The van der Waals surface area contributed by atoms with Gasteiger partial charge in [-0.2, -0.15) is 0 Å². The second kappa shape index (κ2) is 5.63. The third-order valence-electron chi connectivity index (χ3n) is 2.74. The minimum atomic E-state index is -1.13. The van der Waals surface area contributed by atoms with Gasteiger partial charge in [-0.05, 0) is 41.5 Å². The molecule has 0 fully saturated rings. The fourth-order valence-electron chi connectivity index (χ4n) is 1.79. The average Bonchev–Trinajstić information content (AvgIpc) is 2.33. The molecule has 0 aliphatic carbocycles. The summed E-state index contributed by atoms with van der Waals surface area (Å²) in [6.07, 6.45) is -1.28. The van der Waals surface area contributed by atoms with Gasteiger partial charge in [0.2, 0.25) is 0 Å².